The number of hydrogen-bond donors (Lipinski definition) is 2. The van der Waals surface area contributed by atoms with Gasteiger partial charge in [0.1, 0.15) is 5.82 Å². The van der Waals surface area contributed by atoms with Gasteiger partial charge in [-0.25, -0.2) is 9.18 Å². The summed E-state index contributed by atoms with van der Waals surface area (Å²) in [6.45, 7) is 1.89. The summed E-state index contributed by atoms with van der Waals surface area (Å²) in [6.07, 6.45) is -0.111. The molecule has 1 aromatic carbocycles. The summed E-state index contributed by atoms with van der Waals surface area (Å²) in [7, 11) is 1.23. The van der Waals surface area contributed by atoms with Crippen LogP contribution < -0.4 is 10.6 Å². The number of carbonyl (C=O) groups excluding carboxylic acids is 2. The van der Waals surface area contributed by atoms with Crippen molar-refractivity contribution in [3.8, 4) is 0 Å². The van der Waals surface area contributed by atoms with Gasteiger partial charge in [-0.05, 0) is 18.2 Å². The van der Waals surface area contributed by atoms with Crippen molar-refractivity contribution in [1.29, 1.82) is 0 Å². The third-order valence-corrected chi connectivity index (χ3v) is 3.08. The number of hydrogen-bond acceptors (Lipinski definition) is 5. The van der Waals surface area contributed by atoms with E-state index in [1.165, 1.54) is 19.2 Å². The molecule has 1 saturated heterocycles. The Hall–Kier alpha value is -1.99. The van der Waals surface area contributed by atoms with E-state index in [-0.39, 0.29) is 29.7 Å². The minimum absolute atomic E-state index is 0.0494. The molecule has 1 amide bonds. The van der Waals surface area contributed by atoms with Crippen molar-refractivity contribution in [2.45, 2.75) is 12.5 Å². The quantitative estimate of drug-likeness (QED) is 0.808. The molecule has 2 rings (SSSR count). The standard InChI is InChI=1S/C14H17FN2O4/c1-20-14(19)9-2-3-11(15)12(6-9)17-13(18)7-10-8-16-4-5-21-10/h2-3,6,10,16H,4-5,7-8H2,1H3,(H,17,18). The zero-order valence-corrected chi connectivity index (χ0v) is 11.6. The van der Waals surface area contributed by atoms with E-state index in [2.05, 4.69) is 15.4 Å². The highest BCUT2D eigenvalue weighted by molar-refractivity contribution is 5.94. The van der Waals surface area contributed by atoms with Crippen LogP contribution in [0.25, 0.3) is 0 Å². The van der Waals surface area contributed by atoms with Crippen LogP contribution in [-0.4, -0.2) is 44.8 Å². The molecule has 1 fully saturated rings. The highest BCUT2D eigenvalue weighted by Gasteiger charge is 2.18. The molecule has 114 valence electrons. The van der Waals surface area contributed by atoms with Gasteiger partial charge in [0.25, 0.3) is 0 Å². The minimum Gasteiger partial charge on any atom is -0.465 e. The van der Waals surface area contributed by atoms with Gasteiger partial charge in [-0.2, -0.15) is 0 Å². The second kappa shape index (κ2) is 7.14. The maximum absolute atomic E-state index is 13.7. The van der Waals surface area contributed by atoms with E-state index in [0.717, 1.165) is 12.6 Å². The van der Waals surface area contributed by atoms with E-state index >= 15 is 0 Å². The normalized spacial score (nSPS) is 18.1. The van der Waals surface area contributed by atoms with Gasteiger partial charge in [-0.3, -0.25) is 4.79 Å². The van der Waals surface area contributed by atoms with Gasteiger partial charge in [0.15, 0.2) is 0 Å². The van der Waals surface area contributed by atoms with Gasteiger partial charge in [0, 0.05) is 13.1 Å². The molecule has 0 saturated carbocycles. The van der Waals surface area contributed by atoms with Crippen molar-refractivity contribution >= 4 is 17.6 Å². The van der Waals surface area contributed by atoms with Gasteiger partial charge < -0.3 is 20.1 Å². The van der Waals surface area contributed by atoms with Crippen molar-refractivity contribution in [1.82, 2.24) is 5.32 Å². The van der Waals surface area contributed by atoms with Gasteiger partial charge in [0.2, 0.25) is 5.91 Å². The van der Waals surface area contributed by atoms with Crippen LogP contribution in [0.1, 0.15) is 16.8 Å². The van der Waals surface area contributed by atoms with Crippen LogP contribution in [0.4, 0.5) is 10.1 Å². The SMILES string of the molecule is COC(=O)c1ccc(F)c(NC(=O)CC2CNCCO2)c1. The summed E-state index contributed by atoms with van der Waals surface area (Å²) in [5.41, 5.74) is 0.122. The average Bonchev–Trinajstić information content (AvgIpc) is 2.49. The fourth-order valence-corrected chi connectivity index (χ4v) is 2.02. The minimum atomic E-state index is -0.612. The Morgan fingerprint density at radius 2 is 2.33 bits per heavy atom. The lowest BCUT2D eigenvalue weighted by molar-refractivity contribution is -0.119. The third kappa shape index (κ3) is 4.24. The van der Waals surface area contributed by atoms with E-state index in [1.54, 1.807) is 0 Å². The molecular weight excluding hydrogens is 279 g/mol. The molecule has 1 heterocycles. The number of rotatable bonds is 4. The molecule has 1 aromatic rings. The number of ether oxygens (including phenoxy) is 2. The second-order valence-electron chi connectivity index (χ2n) is 4.64. The molecule has 7 heteroatoms. The maximum Gasteiger partial charge on any atom is 0.337 e. The average molecular weight is 296 g/mol. The molecule has 2 N–H and O–H groups in total. The summed E-state index contributed by atoms with van der Waals surface area (Å²) >= 11 is 0. The van der Waals surface area contributed by atoms with E-state index in [0.29, 0.717) is 13.2 Å². The van der Waals surface area contributed by atoms with Crippen LogP contribution in [0.2, 0.25) is 0 Å². The number of benzene rings is 1. The van der Waals surface area contributed by atoms with Crippen LogP contribution in [0.15, 0.2) is 18.2 Å². The number of anilines is 1. The van der Waals surface area contributed by atoms with Crippen LogP contribution in [-0.2, 0) is 14.3 Å². The van der Waals surface area contributed by atoms with Crippen molar-refractivity contribution in [3.63, 3.8) is 0 Å². The Morgan fingerprint density at radius 3 is 3.00 bits per heavy atom. The van der Waals surface area contributed by atoms with Gasteiger partial charge in [-0.15, -0.1) is 0 Å². The van der Waals surface area contributed by atoms with Crippen LogP contribution in [0, 0.1) is 5.82 Å². The molecule has 0 aliphatic carbocycles. The fourth-order valence-electron chi connectivity index (χ4n) is 2.02. The maximum atomic E-state index is 13.7. The van der Waals surface area contributed by atoms with Gasteiger partial charge in [-0.1, -0.05) is 0 Å². The monoisotopic (exact) mass is 296 g/mol. The highest BCUT2D eigenvalue weighted by Crippen LogP contribution is 2.17. The zero-order valence-electron chi connectivity index (χ0n) is 11.6. The summed E-state index contributed by atoms with van der Waals surface area (Å²) < 4.78 is 23.6. The van der Waals surface area contributed by atoms with Crippen LogP contribution >= 0.6 is 0 Å². The molecule has 0 spiro atoms. The van der Waals surface area contributed by atoms with Crippen molar-refractivity contribution in [2.24, 2.45) is 0 Å². The summed E-state index contributed by atoms with van der Waals surface area (Å²) in [5, 5.41) is 5.55. The molecular formula is C14H17FN2O4. The second-order valence-corrected chi connectivity index (χ2v) is 4.64. The van der Waals surface area contributed by atoms with Gasteiger partial charge in [0.05, 0.1) is 37.5 Å². The lowest BCUT2D eigenvalue weighted by Gasteiger charge is -2.23. The van der Waals surface area contributed by atoms with E-state index in [4.69, 9.17) is 4.74 Å². The van der Waals surface area contributed by atoms with E-state index in [9.17, 15) is 14.0 Å². The van der Waals surface area contributed by atoms with Gasteiger partial charge >= 0.3 is 5.97 Å². The lowest BCUT2D eigenvalue weighted by atomic mass is 10.1. The molecule has 1 unspecified atom stereocenters. The molecule has 0 radical (unpaired) electrons. The summed E-state index contributed by atoms with van der Waals surface area (Å²) in [4.78, 5) is 23.3. The Bertz CT molecular complexity index is 530. The Kier molecular flexibility index (Phi) is 5.24. The number of morpholine rings is 1. The predicted octanol–water partition coefficient (Wildman–Crippen LogP) is 0.929. The van der Waals surface area contributed by atoms with Crippen molar-refractivity contribution in [3.05, 3.63) is 29.6 Å². The zero-order chi connectivity index (χ0) is 15.2. The molecule has 21 heavy (non-hydrogen) atoms. The number of esters is 1. The van der Waals surface area contributed by atoms with E-state index < -0.39 is 11.8 Å². The third-order valence-electron chi connectivity index (χ3n) is 3.08. The smallest absolute Gasteiger partial charge is 0.337 e. The molecule has 1 aliphatic rings. The summed E-state index contributed by atoms with van der Waals surface area (Å²) in [5.74, 6) is -1.58. The number of carbonyl (C=O) groups is 2. The molecule has 0 aromatic heterocycles. The first-order chi connectivity index (χ1) is 10.1. The Balaban J connectivity index is 2.00. The largest absolute Gasteiger partial charge is 0.465 e. The topological polar surface area (TPSA) is 76.7 Å². The summed E-state index contributed by atoms with van der Waals surface area (Å²) in [6, 6.07) is 3.66. The first-order valence-electron chi connectivity index (χ1n) is 6.60. The number of nitrogens with one attached hydrogen (secondary N) is 2. The number of amides is 1. The molecule has 1 aliphatic heterocycles. The Labute approximate surface area is 121 Å². The number of methoxy groups -OCH3 is 1. The highest BCUT2D eigenvalue weighted by atomic mass is 19.1. The van der Waals surface area contributed by atoms with Crippen LogP contribution in [0.5, 0.6) is 0 Å². The predicted molar refractivity (Wildman–Crippen MR) is 73.6 cm³/mol. The van der Waals surface area contributed by atoms with Crippen molar-refractivity contribution < 1.29 is 23.5 Å². The van der Waals surface area contributed by atoms with Crippen LogP contribution in [0.3, 0.4) is 0 Å². The first kappa shape index (κ1) is 15.4. The molecule has 6 nitrogen and oxygen atoms in total. The molecule has 0 bridgehead atoms. The number of halogens is 1. The fraction of sp³-hybridized carbons (Fsp3) is 0.429. The van der Waals surface area contributed by atoms with E-state index in [1.807, 2.05) is 0 Å². The molecule has 1 atom stereocenters. The lowest BCUT2D eigenvalue weighted by Crippen LogP contribution is -2.40. The van der Waals surface area contributed by atoms with Crippen molar-refractivity contribution in [2.75, 3.05) is 32.1 Å². The Morgan fingerprint density at radius 1 is 1.52 bits per heavy atom. The first-order valence-corrected chi connectivity index (χ1v) is 6.60.